The van der Waals surface area contributed by atoms with Gasteiger partial charge >= 0.3 is 0 Å². The summed E-state index contributed by atoms with van der Waals surface area (Å²) in [5.74, 6) is 2.52. The normalized spacial score (nSPS) is 19.5. The Bertz CT molecular complexity index is 367. The van der Waals surface area contributed by atoms with Gasteiger partial charge in [0.1, 0.15) is 11.5 Å². The molecule has 4 heteroatoms. The first kappa shape index (κ1) is 12.2. The maximum Gasteiger partial charge on any atom is 0.220 e. The van der Waals surface area contributed by atoms with Gasteiger partial charge in [0.2, 0.25) is 5.91 Å². The fraction of sp³-hybridized carbons (Fsp3) is 0.615. The monoisotopic (exact) mass is 236 g/mol. The lowest BCUT2D eigenvalue weighted by Crippen LogP contribution is -2.28. The van der Waals surface area contributed by atoms with Gasteiger partial charge in [0.05, 0.1) is 0 Å². The molecule has 1 atom stereocenters. The zero-order valence-corrected chi connectivity index (χ0v) is 10.3. The second-order valence-electron chi connectivity index (χ2n) is 4.68. The van der Waals surface area contributed by atoms with Crippen LogP contribution in [0.25, 0.3) is 0 Å². The van der Waals surface area contributed by atoms with Gasteiger partial charge in [-0.15, -0.1) is 0 Å². The van der Waals surface area contributed by atoms with Crippen molar-refractivity contribution in [2.24, 2.45) is 5.92 Å². The molecule has 2 heterocycles. The highest BCUT2D eigenvalue weighted by Crippen LogP contribution is 2.11. The van der Waals surface area contributed by atoms with E-state index in [-0.39, 0.29) is 5.91 Å². The van der Waals surface area contributed by atoms with E-state index in [1.807, 2.05) is 19.1 Å². The lowest BCUT2D eigenvalue weighted by molar-refractivity contribution is -0.121. The van der Waals surface area contributed by atoms with Crippen LogP contribution in [0.4, 0.5) is 0 Å². The molecule has 2 N–H and O–H groups in total. The van der Waals surface area contributed by atoms with Gasteiger partial charge in [0.25, 0.3) is 0 Å². The van der Waals surface area contributed by atoms with E-state index in [1.54, 1.807) is 0 Å². The molecule has 4 nitrogen and oxygen atoms in total. The predicted octanol–water partition coefficient (Wildman–Crippen LogP) is 1.25. The second-order valence-corrected chi connectivity index (χ2v) is 4.68. The maximum atomic E-state index is 11.6. The van der Waals surface area contributed by atoms with Crippen LogP contribution < -0.4 is 10.6 Å². The third-order valence-electron chi connectivity index (χ3n) is 3.13. The lowest BCUT2D eigenvalue weighted by Gasteiger charge is -2.08. The van der Waals surface area contributed by atoms with Gasteiger partial charge in [-0.1, -0.05) is 0 Å². The van der Waals surface area contributed by atoms with Gasteiger partial charge in [-0.05, 0) is 44.5 Å². The molecule has 0 aliphatic carbocycles. The lowest BCUT2D eigenvalue weighted by atomic mass is 10.0. The molecule has 2 rings (SSSR count). The van der Waals surface area contributed by atoms with Gasteiger partial charge in [-0.25, -0.2) is 0 Å². The van der Waals surface area contributed by atoms with Crippen LogP contribution in [0.15, 0.2) is 16.5 Å². The highest BCUT2D eigenvalue weighted by Gasteiger charge is 2.17. The average Bonchev–Trinajstić information content (AvgIpc) is 2.90. The summed E-state index contributed by atoms with van der Waals surface area (Å²) >= 11 is 0. The fourth-order valence-electron chi connectivity index (χ4n) is 2.17. The van der Waals surface area contributed by atoms with Crippen LogP contribution in [0, 0.1) is 12.8 Å². The van der Waals surface area contributed by atoms with Crippen LogP contribution >= 0.6 is 0 Å². The van der Waals surface area contributed by atoms with Crippen molar-refractivity contribution in [2.45, 2.75) is 26.2 Å². The molecule has 1 fully saturated rings. The van der Waals surface area contributed by atoms with Crippen molar-refractivity contribution in [1.29, 1.82) is 0 Å². The van der Waals surface area contributed by atoms with Gasteiger partial charge in [0, 0.05) is 19.4 Å². The summed E-state index contributed by atoms with van der Waals surface area (Å²) in [6.45, 7) is 4.61. The number of carbonyl (C=O) groups excluding carboxylic acids is 1. The molecule has 1 amide bonds. The molecule has 1 aliphatic heterocycles. The summed E-state index contributed by atoms with van der Waals surface area (Å²) in [5, 5.41) is 6.21. The highest BCUT2D eigenvalue weighted by atomic mass is 16.3. The molecule has 1 aromatic heterocycles. The summed E-state index contributed by atoms with van der Waals surface area (Å²) < 4.78 is 5.44. The van der Waals surface area contributed by atoms with Gasteiger partial charge in [-0.2, -0.15) is 0 Å². The molecule has 0 aromatic carbocycles. The van der Waals surface area contributed by atoms with Crippen LogP contribution in [0.5, 0.6) is 0 Å². The second kappa shape index (κ2) is 5.87. The Labute approximate surface area is 102 Å². The first-order valence-electron chi connectivity index (χ1n) is 6.27. The number of furan rings is 1. The van der Waals surface area contributed by atoms with Crippen molar-refractivity contribution in [3.05, 3.63) is 23.7 Å². The van der Waals surface area contributed by atoms with Crippen LogP contribution in [-0.4, -0.2) is 25.5 Å². The maximum absolute atomic E-state index is 11.6. The highest BCUT2D eigenvalue weighted by molar-refractivity contribution is 5.76. The first-order valence-corrected chi connectivity index (χ1v) is 6.27. The number of carbonyl (C=O) groups is 1. The molecule has 1 unspecified atom stereocenters. The zero-order valence-electron chi connectivity index (χ0n) is 10.3. The van der Waals surface area contributed by atoms with E-state index in [4.69, 9.17) is 4.42 Å². The number of amides is 1. The van der Waals surface area contributed by atoms with Crippen molar-refractivity contribution in [2.75, 3.05) is 19.6 Å². The molecule has 1 aliphatic rings. The Balaban J connectivity index is 1.62. The Hall–Kier alpha value is -1.29. The summed E-state index contributed by atoms with van der Waals surface area (Å²) in [6.07, 6.45) is 2.53. The minimum Gasteiger partial charge on any atom is -0.466 e. The molecular weight excluding hydrogens is 216 g/mol. The average molecular weight is 236 g/mol. The Morgan fingerprint density at radius 1 is 1.59 bits per heavy atom. The smallest absolute Gasteiger partial charge is 0.220 e. The largest absolute Gasteiger partial charge is 0.466 e. The van der Waals surface area contributed by atoms with Crippen LogP contribution in [-0.2, 0) is 11.2 Å². The van der Waals surface area contributed by atoms with Gasteiger partial charge in [0.15, 0.2) is 0 Å². The number of rotatable bonds is 5. The molecule has 1 saturated heterocycles. The van der Waals surface area contributed by atoms with Crippen molar-refractivity contribution < 1.29 is 9.21 Å². The number of hydrogen-bond acceptors (Lipinski definition) is 3. The minimum atomic E-state index is 0.155. The van der Waals surface area contributed by atoms with Gasteiger partial charge < -0.3 is 15.1 Å². The quantitative estimate of drug-likeness (QED) is 0.809. The molecule has 17 heavy (non-hydrogen) atoms. The number of nitrogens with one attached hydrogen (secondary N) is 2. The molecular formula is C13H20N2O2. The van der Waals surface area contributed by atoms with E-state index in [0.29, 0.717) is 18.9 Å². The standard InChI is InChI=1S/C13H20N2O2/c1-10-2-3-12(17-10)5-7-15-13(16)8-11-4-6-14-9-11/h2-3,11,14H,4-9H2,1H3,(H,15,16). The summed E-state index contributed by atoms with van der Waals surface area (Å²) in [7, 11) is 0. The molecule has 0 radical (unpaired) electrons. The van der Waals surface area contributed by atoms with Crippen molar-refractivity contribution >= 4 is 5.91 Å². The number of hydrogen-bond donors (Lipinski definition) is 2. The zero-order chi connectivity index (χ0) is 12.1. The SMILES string of the molecule is Cc1ccc(CCNC(=O)CC2CCNC2)o1. The summed E-state index contributed by atoms with van der Waals surface area (Å²) in [6, 6.07) is 3.91. The molecule has 0 bridgehead atoms. The van der Waals surface area contributed by atoms with Crippen LogP contribution in [0.3, 0.4) is 0 Å². The fourth-order valence-corrected chi connectivity index (χ4v) is 2.17. The number of aryl methyl sites for hydroxylation is 1. The topological polar surface area (TPSA) is 54.3 Å². The van der Waals surface area contributed by atoms with E-state index < -0.39 is 0 Å². The van der Waals surface area contributed by atoms with Crippen molar-refractivity contribution in [3.63, 3.8) is 0 Å². The Morgan fingerprint density at radius 3 is 3.12 bits per heavy atom. The molecule has 0 saturated carbocycles. The van der Waals surface area contributed by atoms with Crippen LogP contribution in [0.1, 0.15) is 24.4 Å². The minimum absolute atomic E-state index is 0.155. The van der Waals surface area contributed by atoms with Crippen molar-refractivity contribution in [1.82, 2.24) is 10.6 Å². The summed E-state index contributed by atoms with van der Waals surface area (Å²) in [5.41, 5.74) is 0. The molecule has 94 valence electrons. The Morgan fingerprint density at radius 2 is 2.47 bits per heavy atom. The van der Waals surface area contributed by atoms with E-state index >= 15 is 0 Å². The summed E-state index contributed by atoms with van der Waals surface area (Å²) in [4.78, 5) is 11.6. The molecule has 1 aromatic rings. The third-order valence-corrected chi connectivity index (χ3v) is 3.13. The molecule has 0 spiro atoms. The van der Waals surface area contributed by atoms with E-state index in [9.17, 15) is 4.79 Å². The van der Waals surface area contributed by atoms with E-state index in [2.05, 4.69) is 10.6 Å². The van der Waals surface area contributed by atoms with Crippen LogP contribution in [0.2, 0.25) is 0 Å². The predicted molar refractivity (Wildman–Crippen MR) is 65.8 cm³/mol. The Kier molecular flexibility index (Phi) is 4.20. The first-order chi connectivity index (χ1) is 8.24. The van der Waals surface area contributed by atoms with E-state index in [1.165, 1.54) is 0 Å². The van der Waals surface area contributed by atoms with Crippen molar-refractivity contribution in [3.8, 4) is 0 Å². The van der Waals surface area contributed by atoms with Gasteiger partial charge in [-0.3, -0.25) is 4.79 Å². The third kappa shape index (κ3) is 3.89. The van der Waals surface area contributed by atoms with E-state index in [0.717, 1.165) is 37.5 Å².